The number of para-hydroxylation sites is 1. The maximum atomic E-state index is 13.3. The number of aromatic nitrogens is 2. The van der Waals surface area contributed by atoms with Gasteiger partial charge in [-0.3, -0.25) is 4.79 Å². The van der Waals surface area contributed by atoms with Gasteiger partial charge in [0.05, 0.1) is 21.4 Å². The van der Waals surface area contributed by atoms with Gasteiger partial charge in [0.25, 0.3) is 5.56 Å². The van der Waals surface area contributed by atoms with Crippen molar-refractivity contribution < 1.29 is 17.9 Å². The number of carbonyl (C=O) groups is 1. The minimum Gasteiger partial charge on any atom is -0.454 e. The lowest BCUT2D eigenvalue weighted by molar-refractivity contribution is 0.0462. The standard InChI is InChI=1S/C26H23N3O5S/c1-17-6-4-11-22-24(17)27-23(28-25(22)30)16-34-26(31)19-9-5-10-21(14-19)35(32,33)29-13-12-18-7-2-3-8-20(18)15-29/h2-11,14H,12-13,15-16H2,1H3,(H,27,28,30). The van der Waals surface area contributed by atoms with Crippen LogP contribution in [0.4, 0.5) is 0 Å². The van der Waals surface area contributed by atoms with Gasteiger partial charge in [-0.25, -0.2) is 18.2 Å². The number of aryl methyl sites for hydroxylation is 1. The Morgan fingerprint density at radius 2 is 1.83 bits per heavy atom. The molecule has 0 aliphatic carbocycles. The van der Waals surface area contributed by atoms with Gasteiger partial charge in [-0.15, -0.1) is 0 Å². The summed E-state index contributed by atoms with van der Waals surface area (Å²) >= 11 is 0. The first-order chi connectivity index (χ1) is 16.8. The molecule has 0 bridgehead atoms. The predicted molar refractivity (Wildman–Crippen MR) is 130 cm³/mol. The summed E-state index contributed by atoms with van der Waals surface area (Å²) in [6.45, 7) is 2.25. The Morgan fingerprint density at radius 1 is 1.06 bits per heavy atom. The molecule has 1 aliphatic rings. The molecule has 35 heavy (non-hydrogen) atoms. The van der Waals surface area contributed by atoms with E-state index in [1.807, 2.05) is 37.3 Å². The predicted octanol–water partition coefficient (Wildman–Crippen LogP) is 3.34. The lowest BCUT2D eigenvalue weighted by Crippen LogP contribution is -2.36. The fraction of sp³-hybridized carbons (Fsp3) is 0.192. The molecule has 178 valence electrons. The van der Waals surface area contributed by atoms with Crippen LogP contribution in [-0.2, 0) is 34.3 Å². The van der Waals surface area contributed by atoms with Crippen LogP contribution in [0.1, 0.15) is 32.9 Å². The highest BCUT2D eigenvalue weighted by Gasteiger charge is 2.28. The topological polar surface area (TPSA) is 109 Å². The van der Waals surface area contributed by atoms with Crippen LogP contribution in [0.25, 0.3) is 10.9 Å². The minimum absolute atomic E-state index is 0.0270. The molecule has 0 saturated carbocycles. The van der Waals surface area contributed by atoms with Crippen molar-refractivity contribution in [1.29, 1.82) is 0 Å². The molecule has 3 aromatic carbocycles. The molecular weight excluding hydrogens is 466 g/mol. The highest BCUT2D eigenvalue weighted by atomic mass is 32.2. The van der Waals surface area contributed by atoms with Crippen molar-refractivity contribution in [3.05, 3.63) is 105 Å². The van der Waals surface area contributed by atoms with E-state index >= 15 is 0 Å². The first kappa shape index (κ1) is 22.9. The molecule has 0 fully saturated rings. The highest BCUT2D eigenvalue weighted by molar-refractivity contribution is 7.89. The van der Waals surface area contributed by atoms with Gasteiger partial charge in [-0.05, 0) is 54.3 Å². The molecular formula is C26H23N3O5S. The number of H-pyrrole nitrogens is 1. The first-order valence-corrected chi connectivity index (χ1v) is 12.6. The van der Waals surface area contributed by atoms with Crippen molar-refractivity contribution in [2.45, 2.75) is 31.4 Å². The smallest absolute Gasteiger partial charge is 0.338 e. The summed E-state index contributed by atoms with van der Waals surface area (Å²) in [5.41, 5.74) is 3.28. The average molecular weight is 490 g/mol. The van der Waals surface area contributed by atoms with Crippen LogP contribution in [0.5, 0.6) is 0 Å². The molecule has 1 aromatic heterocycles. The highest BCUT2D eigenvalue weighted by Crippen LogP contribution is 2.25. The van der Waals surface area contributed by atoms with E-state index in [2.05, 4.69) is 9.97 Å². The fourth-order valence-electron chi connectivity index (χ4n) is 4.25. The number of nitrogens with zero attached hydrogens (tertiary/aromatic N) is 2. The molecule has 4 aromatic rings. The third kappa shape index (κ3) is 4.48. The zero-order valence-electron chi connectivity index (χ0n) is 19.0. The average Bonchev–Trinajstić information content (AvgIpc) is 2.87. The second-order valence-electron chi connectivity index (χ2n) is 8.44. The second-order valence-corrected chi connectivity index (χ2v) is 10.4. The van der Waals surface area contributed by atoms with Gasteiger partial charge in [0.15, 0.2) is 0 Å². The molecule has 0 spiro atoms. The quantitative estimate of drug-likeness (QED) is 0.431. The summed E-state index contributed by atoms with van der Waals surface area (Å²) in [6.07, 6.45) is 0.633. The molecule has 0 saturated heterocycles. The Balaban J connectivity index is 1.34. The normalized spacial score (nSPS) is 14.0. The summed E-state index contributed by atoms with van der Waals surface area (Å²) in [5, 5.41) is 0.457. The van der Waals surface area contributed by atoms with E-state index < -0.39 is 16.0 Å². The molecule has 9 heteroatoms. The second kappa shape index (κ2) is 9.09. The molecule has 1 N–H and O–H groups in total. The van der Waals surface area contributed by atoms with Crippen molar-refractivity contribution in [3.63, 3.8) is 0 Å². The number of fused-ring (bicyclic) bond motifs is 2. The summed E-state index contributed by atoms with van der Waals surface area (Å²) in [5.74, 6) is -0.500. The van der Waals surface area contributed by atoms with E-state index in [0.29, 0.717) is 23.9 Å². The van der Waals surface area contributed by atoms with Crippen LogP contribution in [0.15, 0.2) is 76.4 Å². The fourth-order valence-corrected chi connectivity index (χ4v) is 5.71. The van der Waals surface area contributed by atoms with E-state index in [1.54, 1.807) is 12.1 Å². The lowest BCUT2D eigenvalue weighted by Gasteiger charge is -2.28. The number of ether oxygens (including phenoxy) is 1. The molecule has 1 aliphatic heterocycles. The van der Waals surface area contributed by atoms with Gasteiger partial charge in [-0.2, -0.15) is 4.31 Å². The van der Waals surface area contributed by atoms with Crippen molar-refractivity contribution in [1.82, 2.24) is 14.3 Å². The third-order valence-electron chi connectivity index (χ3n) is 6.13. The number of rotatable bonds is 5. The summed E-state index contributed by atoms with van der Waals surface area (Å²) in [7, 11) is -3.80. The number of aromatic amines is 1. The van der Waals surface area contributed by atoms with Gasteiger partial charge in [0.1, 0.15) is 12.4 Å². The minimum atomic E-state index is -3.80. The Morgan fingerprint density at radius 3 is 2.66 bits per heavy atom. The molecule has 0 atom stereocenters. The number of sulfonamides is 1. The van der Waals surface area contributed by atoms with Crippen LogP contribution >= 0.6 is 0 Å². The van der Waals surface area contributed by atoms with Crippen molar-refractivity contribution >= 4 is 26.9 Å². The van der Waals surface area contributed by atoms with Crippen LogP contribution < -0.4 is 5.56 Å². The van der Waals surface area contributed by atoms with Crippen molar-refractivity contribution in [2.24, 2.45) is 0 Å². The van der Waals surface area contributed by atoms with Gasteiger partial charge < -0.3 is 9.72 Å². The van der Waals surface area contributed by atoms with Crippen LogP contribution in [0, 0.1) is 6.92 Å². The van der Waals surface area contributed by atoms with E-state index in [9.17, 15) is 18.0 Å². The van der Waals surface area contributed by atoms with Crippen molar-refractivity contribution in [3.8, 4) is 0 Å². The number of benzene rings is 3. The van der Waals surface area contributed by atoms with E-state index in [0.717, 1.165) is 16.7 Å². The molecule has 8 nitrogen and oxygen atoms in total. The largest absolute Gasteiger partial charge is 0.454 e. The number of carbonyl (C=O) groups excluding carboxylic acids is 1. The van der Waals surface area contributed by atoms with Gasteiger partial charge in [-0.1, -0.05) is 42.5 Å². The van der Waals surface area contributed by atoms with Gasteiger partial charge in [0, 0.05) is 13.1 Å². The first-order valence-electron chi connectivity index (χ1n) is 11.2. The maximum Gasteiger partial charge on any atom is 0.338 e. The number of hydrogen-bond donors (Lipinski definition) is 1. The van der Waals surface area contributed by atoms with Gasteiger partial charge in [0.2, 0.25) is 10.0 Å². The van der Waals surface area contributed by atoms with E-state index in [4.69, 9.17) is 4.74 Å². The molecule has 5 rings (SSSR count). The number of hydrogen-bond acceptors (Lipinski definition) is 6. The number of esters is 1. The van der Waals surface area contributed by atoms with Crippen LogP contribution in [0.2, 0.25) is 0 Å². The zero-order valence-corrected chi connectivity index (χ0v) is 19.8. The van der Waals surface area contributed by atoms with E-state index in [1.165, 1.54) is 28.6 Å². The van der Waals surface area contributed by atoms with Gasteiger partial charge >= 0.3 is 5.97 Å². The Bertz CT molecular complexity index is 1610. The summed E-state index contributed by atoms with van der Waals surface area (Å²) in [4.78, 5) is 32.1. The maximum absolute atomic E-state index is 13.3. The van der Waals surface area contributed by atoms with Crippen LogP contribution in [0.3, 0.4) is 0 Å². The Labute approximate surface area is 202 Å². The summed E-state index contributed by atoms with van der Waals surface area (Å²) in [6, 6.07) is 18.9. The van der Waals surface area contributed by atoms with Crippen molar-refractivity contribution in [2.75, 3.05) is 6.54 Å². The van der Waals surface area contributed by atoms with E-state index in [-0.39, 0.29) is 35.0 Å². The lowest BCUT2D eigenvalue weighted by atomic mass is 10.0. The zero-order chi connectivity index (χ0) is 24.6. The SMILES string of the molecule is Cc1cccc2c(=O)[nH]c(COC(=O)c3cccc(S(=O)(=O)N4CCc5ccccc5C4)c3)nc12. The Kier molecular flexibility index (Phi) is 5.96. The molecule has 0 amide bonds. The monoisotopic (exact) mass is 489 g/mol. The third-order valence-corrected chi connectivity index (χ3v) is 7.97. The molecule has 0 radical (unpaired) electrons. The Hall–Kier alpha value is -3.82. The molecule has 0 unspecified atom stereocenters. The summed E-state index contributed by atoms with van der Waals surface area (Å²) < 4.78 is 33.3. The molecule has 2 heterocycles. The van der Waals surface area contributed by atoms with Crippen LogP contribution in [-0.4, -0.2) is 35.2 Å². The number of nitrogens with one attached hydrogen (secondary N) is 1.